The largest absolute Gasteiger partial charge is 0.496 e. The van der Waals surface area contributed by atoms with Gasteiger partial charge in [0.25, 0.3) is 0 Å². The van der Waals surface area contributed by atoms with Crippen LogP contribution >= 0.6 is 15.9 Å². The van der Waals surface area contributed by atoms with Gasteiger partial charge in [0.05, 0.1) is 11.6 Å². The van der Waals surface area contributed by atoms with E-state index in [-0.39, 0.29) is 11.4 Å². The van der Waals surface area contributed by atoms with E-state index < -0.39 is 0 Å². The number of methoxy groups -OCH3 is 1. The number of ether oxygens (including phenoxy) is 2. The second-order valence-electron chi connectivity index (χ2n) is 8.33. The van der Waals surface area contributed by atoms with Gasteiger partial charge in [0.2, 0.25) is 0 Å². The molecule has 1 aromatic carbocycles. The van der Waals surface area contributed by atoms with Gasteiger partial charge < -0.3 is 9.47 Å². The fraction of sp³-hybridized carbons (Fsp3) is 0.571. The number of esters is 1. The zero-order valence-electron chi connectivity index (χ0n) is 15.7. The zero-order chi connectivity index (χ0) is 18.4. The zero-order valence-corrected chi connectivity index (χ0v) is 17.3. The summed E-state index contributed by atoms with van der Waals surface area (Å²) in [5.41, 5.74) is 3.10. The Kier molecular flexibility index (Phi) is 4.78. The molecule has 2 aliphatic rings. The highest BCUT2D eigenvalue weighted by molar-refractivity contribution is 9.10. The van der Waals surface area contributed by atoms with Gasteiger partial charge in [-0.2, -0.15) is 0 Å². The third-order valence-corrected chi connectivity index (χ3v) is 6.37. The molecule has 1 spiro atoms. The molecule has 3 nitrogen and oxygen atoms in total. The number of carbonyl (C=O) groups is 1. The average Bonchev–Trinajstić information content (AvgIpc) is 3.23. The summed E-state index contributed by atoms with van der Waals surface area (Å²) in [5, 5.41) is 0. The van der Waals surface area contributed by atoms with Crippen molar-refractivity contribution in [1.29, 1.82) is 0 Å². The Morgan fingerprint density at radius 2 is 1.96 bits per heavy atom. The standard InChI is InChI=1S/C21H27BrO3/c1-13-11-20(3,4)19(21(12-13)6-7-21)9-15-8-18(24-5)16(22)10-17(15)25-14(2)23/h8,10,12,19H,6-7,9,11H2,1-5H3. The van der Waals surface area contributed by atoms with E-state index in [2.05, 4.69) is 42.8 Å². The van der Waals surface area contributed by atoms with Crippen LogP contribution in [0.2, 0.25) is 0 Å². The fourth-order valence-corrected chi connectivity index (χ4v) is 5.23. The highest BCUT2D eigenvalue weighted by Crippen LogP contribution is 2.64. The Balaban J connectivity index is 2.00. The van der Waals surface area contributed by atoms with E-state index in [1.807, 2.05) is 12.1 Å². The quantitative estimate of drug-likeness (QED) is 0.365. The van der Waals surface area contributed by atoms with Gasteiger partial charge in [0, 0.05) is 6.92 Å². The first-order valence-electron chi connectivity index (χ1n) is 8.90. The van der Waals surface area contributed by atoms with Crippen molar-refractivity contribution in [1.82, 2.24) is 0 Å². The summed E-state index contributed by atoms with van der Waals surface area (Å²) in [7, 11) is 1.66. The molecule has 0 radical (unpaired) electrons. The third-order valence-electron chi connectivity index (χ3n) is 5.75. The van der Waals surface area contributed by atoms with Crippen LogP contribution in [-0.2, 0) is 11.2 Å². The van der Waals surface area contributed by atoms with Crippen LogP contribution < -0.4 is 9.47 Å². The van der Waals surface area contributed by atoms with Gasteiger partial charge in [0.1, 0.15) is 11.5 Å². The Bertz CT molecular complexity index is 729. The van der Waals surface area contributed by atoms with E-state index in [9.17, 15) is 4.79 Å². The Morgan fingerprint density at radius 3 is 2.52 bits per heavy atom. The topological polar surface area (TPSA) is 35.5 Å². The van der Waals surface area contributed by atoms with Crippen LogP contribution in [0.3, 0.4) is 0 Å². The Labute approximate surface area is 158 Å². The molecule has 1 atom stereocenters. The highest BCUT2D eigenvalue weighted by atomic mass is 79.9. The van der Waals surface area contributed by atoms with E-state index in [4.69, 9.17) is 9.47 Å². The summed E-state index contributed by atoms with van der Waals surface area (Å²) in [6, 6.07) is 3.87. The van der Waals surface area contributed by atoms with Crippen molar-refractivity contribution in [2.45, 2.75) is 53.4 Å². The smallest absolute Gasteiger partial charge is 0.308 e. The van der Waals surface area contributed by atoms with Crippen molar-refractivity contribution in [2.75, 3.05) is 7.11 Å². The first-order chi connectivity index (χ1) is 11.7. The van der Waals surface area contributed by atoms with E-state index in [0.29, 0.717) is 17.1 Å². The van der Waals surface area contributed by atoms with Gasteiger partial charge in [-0.3, -0.25) is 4.79 Å². The lowest BCUT2D eigenvalue weighted by Gasteiger charge is -2.44. The Hall–Kier alpha value is -1.29. The van der Waals surface area contributed by atoms with Crippen LogP contribution in [0.15, 0.2) is 28.3 Å². The average molecular weight is 407 g/mol. The normalized spacial score (nSPS) is 23.1. The van der Waals surface area contributed by atoms with Crippen LogP contribution in [0.4, 0.5) is 0 Å². The summed E-state index contributed by atoms with van der Waals surface area (Å²) in [4.78, 5) is 11.6. The van der Waals surface area contributed by atoms with Crippen LogP contribution in [0.1, 0.15) is 52.5 Å². The molecule has 0 bridgehead atoms. The van der Waals surface area contributed by atoms with Gasteiger partial charge in [-0.05, 0) is 83.0 Å². The van der Waals surface area contributed by atoms with Gasteiger partial charge in [-0.25, -0.2) is 0 Å². The molecule has 4 heteroatoms. The maximum absolute atomic E-state index is 11.6. The van der Waals surface area contributed by atoms with Crippen LogP contribution in [0.25, 0.3) is 0 Å². The molecule has 0 aromatic heterocycles. The molecule has 0 N–H and O–H groups in total. The SMILES string of the molecule is COc1cc(CC2C(C)(C)CC(C)=CC23CC3)c(OC(C)=O)cc1Br. The minimum Gasteiger partial charge on any atom is -0.496 e. The predicted molar refractivity (Wildman–Crippen MR) is 103 cm³/mol. The number of allylic oxidation sites excluding steroid dienone is 2. The van der Waals surface area contributed by atoms with E-state index in [1.165, 1.54) is 25.3 Å². The van der Waals surface area contributed by atoms with Crippen molar-refractivity contribution >= 4 is 21.9 Å². The van der Waals surface area contributed by atoms with Gasteiger partial charge in [-0.1, -0.05) is 25.5 Å². The summed E-state index contributed by atoms with van der Waals surface area (Å²) < 4.78 is 11.8. The minimum atomic E-state index is -0.293. The maximum atomic E-state index is 11.6. The Morgan fingerprint density at radius 1 is 1.28 bits per heavy atom. The van der Waals surface area contributed by atoms with E-state index >= 15 is 0 Å². The lowest BCUT2D eigenvalue weighted by Crippen LogP contribution is -2.36. The van der Waals surface area contributed by atoms with Crippen molar-refractivity contribution < 1.29 is 14.3 Å². The van der Waals surface area contributed by atoms with Crippen LogP contribution in [0, 0.1) is 16.7 Å². The molecule has 1 saturated carbocycles. The molecule has 0 heterocycles. The molecular weight excluding hydrogens is 380 g/mol. The summed E-state index contributed by atoms with van der Waals surface area (Å²) in [5.74, 6) is 1.65. The number of carbonyl (C=O) groups excluding carboxylic acids is 1. The van der Waals surface area contributed by atoms with Gasteiger partial charge in [-0.15, -0.1) is 0 Å². The molecule has 1 aromatic rings. The van der Waals surface area contributed by atoms with E-state index in [0.717, 1.165) is 28.6 Å². The van der Waals surface area contributed by atoms with Gasteiger partial charge >= 0.3 is 5.97 Å². The molecule has 0 amide bonds. The first-order valence-corrected chi connectivity index (χ1v) is 9.69. The van der Waals surface area contributed by atoms with Crippen molar-refractivity contribution in [3.63, 3.8) is 0 Å². The summed E-state index contributed by atoms with van der Waals surface area (Å²) >= 11 is 3.50. The first kappa shape index (κ1) is 18.5. The lowest BCUT2D eigenvalue weighted by atomic mass is 9.61. The molecule has 136 valence electrons. The van der Waals surface area contributed by atoms with Crippen molar-refractivity contribution in [2.24, 2.45) is 16.7 Å². The molecule has 0 aliphatic heterocycles. The number of hydrogen-bond donors (Lipinski definition) is 0. The summed E-state index contributed by atoms with van der Waals surface area (Å²) in [6.45, 7) is 8.44. The van der Waals surface area contributed by atoms with Crippen molar-refractivity contribution in [3.05, 3.63) is 33.8 Å². The van der Waals surface area contributed by atoms with Gasteiger partial charge in [0.15, 0.2) is 0 Å². The third kappa shape index (κ3) is 3.64. The highest BCUT2D eigenvalue weighted by Gasteiger charge is 2.54. The summed E-state index contributed by atoms with van der Waals surface area (Å²) in [6.07, 6.45) is 7.04. The molecule has 1 fully saturated rings. The molecule has 3 rings (SSSR count). The molecule has 25 heavy (non-hydrogen) atoms. The molecule has 2 aliphatic carbocycles. The minimum absolute atomic E-state index is 0.225. The van der Waals surface area contributed by atoms with Crippen LogP contribution in [-0.4, -0.2) is 13.1 Å². The number of benzene rings is 1. The molecular formula is C21H27BrO3. The monoisotopic (exact) mass is 406 g/mol. The maximum Gasteiger partial charge on any atom is 0.308 e. The fourth-order valence-electron chi connectivity index (χ4n) is 4.74. The van der Waals surface area contributed by atoms with Crippen molar-refractivity contribution in [3.8, 4) is 11.5 Å². The van der Waals surface area contributed by atoms with E-state index in [1.54, 1.807) is 7.11 Å². The number of halogens is 1. The molecule has 1 unspecified atom stereocenters. The number of hydrogen-bond acceptors (Lipinski definition) is 3. The predicted octanol–water partition coefficient (Wildman–Crippen LogP) is 5.70. The lowest BCUT2D eigenvalue weighted by molar-refractivity contribution is -0.131. The number of rotatable bonds is 4. The second-order valence-corrected chi connectivity index (χ2v) is 9.19. The van der Waals surface area contributed by atoms with Crippen LogP contribution in [0.5, 0.6) is 11.5 Å². The molecule has 0 saturated heterocycles. The second kappa shape index (κ2) is 6.46.